The molecule has 2 N–H and O–H groups in total. The van der Waals surface area contributed by atoms with Crippen molar-refractivity contribution in [3.8, 4) is 11.4 Å². The Hall–Kier alpha value is -3.91. The van der Waals surface area contributed by atoms with Crippen molar-refractivity contribution in [3.05, 3.63) is 89.0 Å². The number of carbonyl (C=O) groups is 2. The fourth-order valence-corrected chi connectivity index (χ4v) is 4.36. The molecule has 0 bridgehead atoms. The third kappa shape index (κ3) is 5.78. The number of thioether (sulfide) groups is 1. The molecule has 3 aromatic carbocycles. The molecule has 0 saturated carbocycles. The van der Waals surface area contributed by atoms with Crippen molar-refractivity contribution in [2.45, 2.75) is 25.9 Å². The lowest BCUT2D eigenvalue weighted by atomic mass is 10.1. The molecule has 35 heavy (non-hydrogen) atoms. The summed E-state index contributed by atoms with van der Waals surface area (Å²) >= 11 is 1.32. The SMILES string of the molecule is Cc1ccc(C(=O)Nc2cccc(-c3nnc(SCC(=O)Nc4c(C)cccc4C)n3C)c2)cc1. The molecule has 4 rings (SSSR count). The summed E-state index contributed by atoms with van der Waals surface area (Å²) in [6.07, 6.45) is 0. The van der Waals surface area contributed by atoms with Gasteiger partial charge in [-0.3, -0.25) is 9.59 Å². The van der Waals surface area contributed by atoms with Crippen LogP contribution in [0.15, 0.2) is 71.9 Å². The summed E-state index contributed by atoms with van der Waals surface area (Å²) in [6.45, 7) is 5.93. The van der Waals surface area contributed by atoms with Gasteiger partial charge in [0.25, 0.3) is 5.91 Å². The molecule has 0 unspecified atom stereocenters. The van der Waals surface area contributed by atoms with Crippen molar-refractivity contribution in [1.29, 1.82) is 0 Å². The molecule has 1 aromatic heterocycles. The Balaban J connectivity index is 1.42. The topological polar surface area (TPSA) is 88.9 Å². The van der Waals surface area contributed by atoms with Crippen LogP contribution in [0.1, 0.15) is 27.0 Å². The fraction of sp³-hybridized carbons (Fsp3) is 0.185. The average Bonchev–Trinajstić information content (AvgIpc) is 3.21. The van der Waals surface area contributed by atoms with Gasteiger partial charge in [-0.05, 0) is 56.2 Å². The zero-order valence-corrected chi connectivity index (χ0v) is 20.9. The zero-order chi connectivity index (χ0) is 24.9. The maximum Gasteiger partial charge on any atom is 0.255 e. The predicted molar refractivity (Wildman–Crippen MR) is 141 cm³/mol. The minimum absolute atomic E-state index is 0.0993. The van der Waals surface area contributed by atoms with Gasteiger partial charge < -0.3 is 15.2 Å². The molecule has 0 saturated heterocycles. The molecule has 0 spiro atoms. The number of amides is 2. The highest BCUT2D eigenvalue weighted by Crippen LogP contribution is 2.26. The Labute approximate surface area is 209 Å². The average molecular weight is 486 g/mol. The minimum atomic E-state index is -0.175. The summed E-state index contributed by atoms with van der Waals surface area (Å²) in [7, 11) is 1.86. The van der Waals surface area contributed by atoms with Crippen molar-refractivity contribution >= 4 is 35.0 Å². The molecular weight excluding hydrogens is 458 g/mol. The van der Waals surface area contributed by atoms with E-state index >= 15 is 0 Å². The second-order valence-corrected chi connectivity index (χ2v) is 9.31. The van der Waals surface area contributed by atoms with Gasteiger partial charge in [0, 0.05) is 29.5 Å². The standard InChI is InChI=1S/C27H27N5O2S/c1-17-11-13-20(14-12-17)26(34)28-22-10-6-9-21(15-22)25-30-31-27(32(25)4)35-16-23(33)29-24-18(2)7-5-8-19(24)3/h5-15H,16H2,1-4H3,(H,28,34)(H,29,33). The summed E-state index contributed by atoms with van der Waals surface area (Å²) in [5.74, 6) is 0.588. The van der Waals surface area contributed by atoms with E-state index in [0.717, 1.165) is 27.9 Å². The van der Waals surface area contributed by atoms with Crippen LogP contribution in [-0.2, 0) is 11.8 Å². The Morgan fingerprint density at radius 1 is 0.886 bits per heavy atom. The molecule has 0 radical (unpaired) electrons. The first-order valence-electron chi connectivity index (χ1n) is 11.2. The van der Waals surface area contributed by atoms with Crippen LogP contribution in [0.4, 0.5) is 11.4 Å². The number of anilines is 2. The number of hydrogen-bond donors (Lipinski definition) is 2. The van der Waals surface area contributed by atoms with Crippen LogP contribution in [-0.4, -0.2) is 32.3 Å². The van der Waals surface area contributed by atoms with Gasteiger partial charge in [-0.15, -0.1) is 10.2 Å². The molecular formula is C27H27N5O2S. The predicted octanol–water partition coefficient (Wildman–Crippen LogP) is 5.39. The monoisotopic (exact) mass is 485 g/mol. The van der Waals surface area contributed by atoms with Crippen molar-refractivity contribution in [1.82, 2.24) is 14.8 Å². The van der Waals surface area contributed by atoms with Crippen molar-refractivity contribution in [3.63, 3.8) is 0 Å². The van der Waals surface area contributed by atoms with Crippen LogP contribution >= 0.6 is 11.8 Å². The first kappa shape index (κ1) is 24.2. The highest BCUT2D eigenvalue weighted by molar-refractivity contribution is 7.99. The molecule has 0 atom stereocenters. The quantitative estimate of drug-likeness (QED) is 0.343. The molecule has 1 heterocycles. The van der Waals surface area contributed by atoms with Gasteiger partial charge in [0.1, 0.15) is 0 Å². The number of rotatable bonds is 7. The van der Waals surface area contributed by atoms with E-state index in [2.05, 4.69) is 20.8 Å². The van der Waals surface area contributed by atoms with E-state index in [0.29, 0.717) is 22.2 Å². The fourth-order valence-electron chi connectivity index (χ4n) is 3.65. The lowest BCUT2D eigenvalue weighted by molar-refractivity contribution is -0.113. The summed E-state index contributed by atoms with van der Waals surface area (Å²) in [5, 5.41) is 15.1. The lowest BCUT2D eigenvalue weighted by Crippen LogP contribution is -2.16. The largest absolute Gasteiger partial charge is 0.325 e. The second kappa shape index (κ2) is 10.6. The normalized spacial score (nSPS) is 10.7. The van der Waals surface area contributed by atoms with Crippen LogP contribution in [0.3, 0.4) is 0 Å². The van der Waals surface area contributed by atoms with Gasteiger partial charge in [0.2, 0.25) is 5.91 Å². The van der Waals surface area contributed by atoms with Gasteiger partial charge >= 0.3 is 0 Å². The summed E-state index contributed by atoms with van der Waals surface area (Å²) in [6, 6.07) is 20.8. The third-order valence-electron chi connectivity index (χ3n) is 5.61. The maximum atomic E-state index is 12.6. The van der Waals surface area contributed by atoms with Crippen LogP contribution < -0.4 is 10.6 Å². The number of hydrogen-bond acceptors (Lipinski definition) is 5. The van der Waals surface area contributed by atoms with Gasteiger partial charge in [-0.1, -0.05) is 59.8 Å². The number of nitrogens with zero attached hydrogens (tertiary/aromatic N) is 3. The molecule has 0 fully saturated rings. The highest BCUT2D eigenvalue weighted by atomic mass is 32.2. The number of nitrogens with one attached hydrogen (secondary N) is 2. The molecule has 178 valence electrons. The summed E-state index contributed by atoms with van der Waals surface area (Å²) in [4.78, 5) is 25.1. The van der Waals surface area contributed by atoms with Crippen LogP contribution in [0.25, 0.3) is 11.4 Å². The molecule has 0 aliphatic heterocycles. The van der Waals surface area contributed by atoms with E-state index in [-0.39, 0.29) is 17.6 Å². The van der Waals surface area contributed by atoms with Gasteiger partial charge in [-0.25, -0.2) is 0 Å². The summed E-state index contributed by atoms with van der Waals surface area (Å²) in [5.41, 5.74) is 6.07. The molecule has 2 amide bonds. The van der Waals surface area contributed by atoms with E-state index in [1.807, 2.05) is 87.0 Å². The first-order chi connectivity index (χ1) is 16.8. The molecule has 0 aliphatic rings. The number of carbonyl (C=O) groups excluding carboxylic acids is 2. The van der Waals surface area contributed by atoms with E-state index in [4.69, 9.17) is 0 Å². The lowest BCUT2D eigenvalue weighted by Gasteiger charge is -2.11. The summed E-state index contributed by atoms with van der Waals surface area (Å²) < 4.78 is 1.85. The van der Waals surface area contributed by atoms with E-state index < -0.39 is 0 Å². The Morgan fingerprint density at radius 2 is 1.57 bits per heavy atom. The number of para-hydroxylation sites is 1. The van der Waals surface area contributed by atoms with Crippen LogP contribution in [0.2, 0.25) is 0 Å². The Bertz CT molecular complexity index is 1360. The highest BCUT2D eigenvalue weighted by Gasteiger charge is 2.15. The van der Waals surface area contributed by atoms with E-state index in [9.17, 15) is 9.59 Å². The van der Waals surface area contributed by atoms with Gasteiger partial charge in [0.15, 0.2) is 11.0 Å². The van der Waals surface area contributed by atoms with Crippen LogP contribution in [0.5, 0.6) is 0 Å². The second-order valence-electron chi connectivity index (χ2n) is 8.37. The van der Waals surface area contributed by atoms with Crippen molar-refractivity contribution in [2.24, 2.45) is 7.05 Å². The smallest absolute Gasteiger partial charge is 0.255 e. The number of aromatic nitrogens is 3. The molecule has 8 heteroatoms. The molecule has 4 aromatic rings. The zero-order valence-electron chi connectivity index (χ0n) is 20.1. The molecule has 0 aliphatic carbocycles. The van der Waals surface area contributed by atoms with Crippen LogP contribution in [0, 0.1) is 20.8 Å². The molecule has 7 nitrogen and oxygen atoms in total. The maximum absolute atomic E-state index is 12.6. The Kier molecular flexibility index (Phi) is 7.31. The van der Waals surface area contributed by atoms with E-state index in [1.165, 1.54) is 11.8 Å². The minimum Gasteiger partial charge on any atom is -0.325 e. The Morgan fingerprint density at radius 3 is 2.29 bits per heavy atom. The van der Waals surface area contributed by atoms with Crippen molar-refractivity contribution < 1.29 is 9.59 Å². The third-order valence-corrected chi connectivity index (χ3v) is 6.63. The van der Waals surface area contributed by atoms with Gasteiger partial charge in [0.05, 0.1) is 5.75 Å². The van der Waals surface area contributed by atoms with Gasteiger partial charge in [-0.2, -0.15) is 0 Å². The van der Waals surface area contributed by atoms with Crippen molar-refractivity contribution in [2.75, 3.05) is 16.4 Å². The van der Waals surface area contributed by atoms with E-state index in [1.54, 1.807) is 12.1 Å². The number of aryl methyl sites for hydroxylation is 3. The number of benzene rings is 3. The first-order valence-corrected chi connectivity index (χ1v) is 12.2.